The molecule has 0 amide bonds. The number of fused-ring (bicyclic) bond motifs is 5. The molecule has 4 saturated carbocycles. The minimum atomic E-state index is -0.409. The lowest BCUT2D eigenvalue weighted by Gasteiger charge is -2.57. The van der Waals surface area contributed by atoms with E-state index in [1.54, 1.807) is 0 Å². The molecule has 0 saturated heterocycles. The number of hydrogen-bond donors (Lipinski definition) is 1. The van der Waals surface area contributed by atoms with E-state index < -0.39 is 5.60 Å². The molecule has 0 aliphatic heterocycles. The van der Waals surface area contributed by atoms with Crippen molar-refractivity contribution in [2.24, 2.45) is 40.9 Å². The lowest BCUT2D eigenvalue weighted by molar-refractivity contribution is -0.124. The van der Waals surface area contributed by atoms with E-state index in [-0.39, 0.29) is 0 Å². The van der Waals surface area contributed by atoms with Crippen LogP contribution in [-0.4, -0.2) is 16.5 Å². The molecular weight excluding hydrogens is 308 g/mol. The highest BCUT2D eigenvalue weighted by Crippen LogP contribution is 2.61. The monoisotopic (exact) mass is 346 g/mol. The number of Topliss-reactive ketones (excluding diaryl/α,β-unsaturated/α-hetero) is 1. The molecule has 2 heteroatoms. The Labute approximate surface area is 154 Å². The first-order chi connectivity index (χ1) is 11.8. The second kappa shape index (κ2) is 6.36. The third-order valence-corrected chi connectivity index (χ3v) is 9.11. The molecule has 0 radical (unpaired) electrons. The summed E-state index contributed by atoms with van der Waals surface area (Å²) in [6.45, 7) is 6.40. The van der Waals surface area contributed by atoms with Crippen LogP contribution in [0.1, 0.15) is 91.4 Å². The van der Waals surface area contributed by atoms with Crippen molar-refractivity contribution < 1.29 is 9.90 Å². The molecule has 0 aromatic carbocycles. The van der Waals surface area contributed by atoms with E-state index in [0.29, 0.717) is 17.1 Å². The van der Waals surface area contributed by atoms with E-state index in [2.05, 4.69) is 13.8 Å². The summed E-state index contributed by atoms with van der Waals surface area (Å²) in [5.41, 5.74) is -0.00475. The van der Waals surface area contributed by atoms with Gasteiger partial charge in [0, 0.05) is 5.92 Å². The number of hydrogen-bond acceptors (Lipinski definition) is 2. The summed E-state index contributed by atoms with van der Waals surface area (Å²) in [4.78, 5) is 12.1. The third-order valence-electron chi connectivity index (χ3n) is 9.11. The minimum Gasteiger partial charge on any atom is -0.390 e. The average molecular weight is 347 g/mol. The molecule has 142 valence electrons. The van der Waals surface area contributed by atoms with Crippen LogP contribution in [0.3, 0.4) is 0 Å². The van der Waals surface area contributed by atoms with E-state index in [0.717, 1.165) is 55.3 Å². The summed E-state index contributed by atoms with van der Waals surface area (Å²) < 4.78 is 0. The predicted octanol–water partition coefficient (Wildman–Crippen LogP) is 5.38. The molecule has 4 rings (SSSR count). The van der Waals surface area contributed by atoms with E-state index in [4.69, 9.17) is 0 Å². The zero-order valence-electron chi connectivity index (χ0n) is 16.6. The van der Waals surface area contributed by atoms with Crippen molar-refractivity contribution in [2.75, 3.05) is 0 Å². The Morgan fingerprint density at radius 3 is 2.40 bits per heavy atom. The molecule has 25 heavy (non-hydrogen) atoms. The van der Waals surface area contributed by atoms with E-state index in [9.17, 15) is 9.90 Å². The summed E-state index contributed by atoms with van der Waals surface area (Å²) in [5.74, 6) is 5.05. The first-order valence-electron chi connectivity index (χ1n) is 11.0. The second-order valence-electron chi connectivity index (χ2n) is 10.8. The Balaban J connectivity index is 1.54. The van der Waals surface area contributed by atoms with Gasteiger partial charge in [0.1, 0.15) is 5.78 Å². The zero-order chi connectivity index (χ0) is 17.8. The molecule has 4 aliphatic carbocycles. The van der Waals surface area contributed by atoms with Gasteiger partial charge < -0.3 is 5.11 Å². The Morgan fingerprint density at radius 1 is 0.880 bits per heavy atom. The van der Waals surface area contributed by atoms with Crippen molar-refractivity contribution in [1.82, 2.24) is 0 Å². The van der Waals surface area contributed by atoms with Gasteiger partial charge in [0.2, 0.25) is 0 Å². The Morgan fingerprint density at radius 2 is 1.64 bits per heavy atom. The SMILES string of the molecule is CC(=O)C1CCC[C@H]2[C@@H]3CC[C@@H]4C[C@](C)(O)CC[C@@H]4[C@H]3CC[C@]2(C)C1. The molecule has 2 nitrogen and oxygen atoms in total. The van der Waals surface area contributed by atoms with E-state index in [1.807, 2.05) is 6.92 Å². The summed E-state index contributed by atoms with van der Waals surface area (Å²) in [6, 6.07) is 0. The van der Waals surface area contributed by atoms with E-state index >= 15 is 0 Å². The van der Waals surface area contributed by atoms with Crippen LogP contribution < -0.4 is 0 Å². The number of aliphatic hydroxyl groups is 1. The van der Waals surface area contributed by atoms with E-state index in [1.165, 1.54) is 44.9 Å². The predicted molar refractivity (Wildman–Crippen MR) is 101 cm³/mol. The molecule has 4 aliphatic rings. The van der Waals surface area contributed by atoms with Gasteiger partial charge in [-0.25, -0.2) is 0 Å². The van der Waals surface area contributed by atoms with Gasteiger partial charge in [0.25, 0.3) is 0 Å². The molecule has 0 bridgehead atoms. The van der Waals surface area contributed by atoms with Gasteiger partial charge in [-0.15, -0.1) is 0 Å². The molecule has 0 aromatic rings. The summed E-state index contributed by atoms with van der Waals surface area (Å²) in [5, 5.41) is 10.5. The fraction of sp³-hybridized carbons (Fsp3) is 0.957. The summed E-state index contributed by atoms with van der Waals surface area (Å²) in [6.07, 6.45) is 13.6. The van der Waals surface area contributed by atoms with Crippen molar-refractivity contribution in [3.05, 3.63) is 0 Å². The Hall–Kier alpha value is -0.370. The average Bonchev–Trinajstić information content (AvgIpc) is 2.72. The van der Waals surface area contributed by atoms with Gasteiger partial charge in [-0.2, -0.15) is 0 Å². The van der Waals surface area contributed by atoms with Gasteiger partial charge in [-0.05, 0) is 113 Å². The van der Waals surface area contributed by atoms with Gasteiger partial charge >= 0.3 is 0 Å². The Kier molecular flexibility index (Phi) is 4.58. The van der Waals surface area contributed by atoms with Gasteiger partial charge in [0.15, 0.2) is 0 Å². The first-order valence-corrected chi connectivity index (χ1v) is 11.0. The van der Waals surface area contributed by atoms with Gasteiger partial charge in [0.05, 0.1) is 5.60 Å². The third kappa shape index (κ3) is 3.22. The van der Waals surface area contributed by atoms with Crippen LogP contribution in [0.15, 0.2) is 0 Å². The van der Waals surface area contributed by atoms with Crippen LogP contribution in [0.25, 0.3) is 0 Å². The van der Waals surface area contributed by atoms with Crippen LogP contribution in [0.5, 0.6) is 0 Å². The van der Waals surface area contributed by atoms with Crippen molar-refractivity contribution >= 4 is 5.78 Å². The molecule has 0 spiro atoms. The molecule has 1 unspecified atom stereocenters. The second-order valence-corrected chi connectivity index (χ2v) is 10.8. The highest BCUT2D eigenvalue weighted by Gasteiger charge is 2.54. The van der Waals surface area contributed by atoms with Crippen molar-refractivity contribution in [1.29, 1.82) is 0 Å². The summed E-state index contributed by atoms with van der Waals surface area (Å²) >= 11 is 0. The van der Waals surface area contributed by atoms with Gasteiger partial charge in [-0.1, -0.05) is 13.3 Å². The highest BCUT2D eigenvalue weighted by atomic mass is 16.3. The van der Waals surface area contributed by atoms with Crippen LogP contribution in [0, 0.1) is 40.9 Å². The van der Waals surface area contributed by atoms with Crippen LogP contribution in [-0.2, 0) is 4.79 Å². The smallest absolute Gasteiger partial charge is 0.132 e. The first kappa shape index (κ1) is 18.0. The fourth-order valence-electron chi connectivity index (χ4n) is 7.89. The maximum absolute atomic E-state index is 12.1. The van der Waals surface area contributed by atoms with Crippen molar-refractivity contribution in [2.45, 2.75) is 97.0 Å². The lowest BCUT2D eigenvalue weighted by Crippen LogP contribution is -2.50. The summed E-state index contributed by atoms with van der Waals surface area (Å²) in [7, 11) is 0. The number of carbonyl (C=O) groups is 1. The topological polar surface area (TPSA) is 37.3 Å². The Bertz CT molecular complexity index is 524. The lowest BCUT2D eigenvalue weighted by atomic mass is 9.48. The van der Waals surface area contributed by atoms with Gasteiger partial charge in [-0.3, -0.25) is 4.79 Å². The largest absolute Gasteiger partial charge is 0.390 e. The molecule has 0 aromatic heterocycles. The number of carbonyl (C=O) groups excluding carboxylic acids is 1. The zero-order valence-corrected chi connectivity index (χ0v) is 16.6. The quantitative estimate of drug-likeness (QED) is 0.692. The van der Waals surface area contributed by atoms with Crippen molar-refractivity contribution in [3.63, 3.8) is 0 Å². The normalized spacial score (nSPS) is 53.1. The van der Waals surface area contributed by atoms with Crippen LogP contribution in [0.2, 0.25) is 0 Å². The number of ketones is 1. The van der Waals surface area contributed by atoms with Crippen LogP contribution in [0.4, 0.5) is 0 Å². The minimum absolute atomic E-state index is 0.327. The molecule has 4 fully saturated rings. The fourth-order valence-corrected chi connectivity index (χ4v) is 7.89. The molecule has 0 heterocycles. The standard InChI is InChI=1S/C23H38O2/c1-15(24)16-5-4-6-21-20-8-7-17-14-23(3,25)12-10-18(17)19(20)9-11-22(21,2)13-16/h16-21,25H,4-14H2,1-3H3/t16?,17-,18+,19-,20-,21+,22-,23-/m1/s1. The maximum atomic E-state index is 12.1. The van der Waals surface area contributed by atoms with Crippen LogP contribution >= 0.6 is 0 Å². The molecule has 8 atom stereocenters. The highest BCUT2D eigenvalue weighted by molar-refractivity contribution is 5.78. The van der Waals surface area contributed by atoms with Crippen molar-refractivity contribution in [3.8, 4) is 0 Å². The molecular formula is C23H38O2. The molecule has 1 N–H and O–H groups in total. The number of rotatable bonds is 1. The maximum Gasteiger partial charge on any atom is 0.132 e.